The molecule has 1 aromatic carbocycles. The molecule has 0 heterocycles. The average Bonchev–Trinajstić information content (AvgIpc) is 2.44. The Kier molecular flexibility index (Phi) is 6.14. The molecule has 0 aromatic heterocycles. The highest BCUT2D eigenvalue weighted by Crippen LogP contribution is 2.27. The second kappa shape index (κ2) is 7.48. The normalized spacial score (nSPS) is 13.9. The van der Waals surface area contributed by atoms with Crippen LogP contribution in [0.4, 0.5) is 10.5 Å². The molecule has 8 nitrogen and oxygen atoms in total. The van der Waals surface area contributed by atoms with Gasteiger partial charge in [0.15, 0.2) is 5.75 Å². The van der Waals surface area contributed by atoms with Gasteiger partial charge in [-0.15, -0.1) is 0 Å². The van der Waals surface area contributed by atoms with Crippen LogP contribution in [0.2, 0.25) is 0 Å². The van der Waals surface area contributed by atoms with Crippen molar-refractivity contribution in [2.45, 2.75) is 51.7 Å². The van der Waals surface area contributed by atoms with Gasteiger partial charge in [0, 0.05) is 6.07 Å². The number of ether oxygens (including phenoxy) is 1. The van der Waals surface area contributed by atoms with Gasteiger partial charge >= 0.3 is 11.8 Å². The van der Waals surface area contributed by atoms with Crippen LogP contribution in [0.15, 0.2) is 18.2 Å². The third-order valence-corrected chi connectivity index (χ3v) is 3.35. The highest BCUT2D eigenvalue weighted by atomic mass is 16.6. The summed E-state index contributed by atoms with van der Waals surface area (Å²) < 4.78 is 5.17. The number of nitro benzene ring substituents is 1. The van der Waals surface area contributed by atoms with Crippen molar-refractivity contribution in [3.8, 4) is 5.75 Å². The van der Waals surface area contributed by atoms with Crippen molar-refractivity contribution >= 4 is 11.8 Å². The van der Waals surface area contributed by atoms with E-state index in [9.17, 15) is 25.1 Å². The van der Waals surface area contributed by atoms with Crippen LogP contribution in [0, 0.1) is 10.1 Å². The minimum atomic E-state index is -0.936. The highest BCUT2D eigenvalue weighted by Gasteiger charge is 2.28. The number of aryl methyl sites for hydroxylation is 1. The Labute approximate surface area is 140 Å². The molecule has 24 heavy (non-hydrogen) atoms. The van der Waals surface area contributed by atoms with Crippen LogP contribution < -0.4 is 5.32 Å². The fourth-order valence-electron chi connectivity index (χ4n) is 2.02. The Morgan fingerprint density at radius 3 is 2.46 bits per heavy atom. The molecule has 0 saturated carbocycles. The molecular weight excluding hydrogens is 316 g/mol. The number of aromatic hydroxyl groups is 1. The predicted octanol–water partition coefficient (Wildman–Crippen LogP) is 2.51. The van der Waals surface area contributed by atoms with Crippen LogP contribution in [-0.2, 0) is 11.2 Å². The molecule has 0 aliphatic heterocycles. The number of nitro groups is 1. The first-order valence-electron chi connectivity index (χ1n) is 7.54. The van der Waals surface area contributed by atoms with Crippen molar-refractivity contribution in [3.05, 3.63) is 33.9 Å². The zero-order valence-corrected chi connectivity index (χ0v) is 14.3. The number of carbonyl (C=O) groups is 1. The molecule has 0 fully saturated rings. The summed E-state index contributed by atoms with van der Waals surface area (Å²) in [5, 5.41) is 32.5. The summed E-state index contributed by atoms with van der Waals surface area (Å²) in [5.41, 5.74) is -1.35. The highest BCUT2D eigenvalue weighted by molar-refractivity contribution is 5.68. The molecule has 0 aliphatic rings. The summed E-state index contributed by atoms with van der Waals surface area (Å²) in [7, 11) is 0. The number of nitrogens with one attached hydrogen (secondary N) is 1. The van der Waals surface area contributed by atoms with Gasteiger partial charge in [0.05, 0.1) is 17.1 Å². The lowest BCUT2D eigenvalue weighted by Gasteiger charge is -2.30. The number of carbonyl (C=O) groups excluding carboxylic acids is 1. The lowest BCUT2D eigenvalue weighted by atomic mass is 9.94. The molecule has 134 valence electrons. The van der Waals surface area contributed by atoms with E-state index in [4.69, 9.17) is 4.74 Å². The van der Waals surface area contributed by atoms with Crippen molar-refractivity contribution in [2.24, 2.45) is 0 Å². The van der Waals surface area contributed by atoms with E-state index in [2.05, 4.69) is 5.32 Å². The largest absolute Gasteiger partial charge is 0.502 e. The van der Waals surface area contributed by atoms with E-state index in [0.29, 0.717) is 18.4 Å². The third kappa shape index (κ3) is 6.04. The molecule has 1 atom stereocenters. The minimum absolute atomic E-state index is 0.313. The number of rotatable bonds is 6. The Bertz CT molecular complexity index is 611. The van der Waals surface area contributed by atoms with E-state index in [-0.39, 0.29) is 12.3 Å². The van der Waals surface area contributed by atoms with Gasteiger partial charge in [0.1, 0.15) is 5.60 Å². The molecule has 0 aliphatic carbocycles. The second-order valence-electron chi connectivity index (χ2n) is 6.93. The molecule has 1 amide bonds. The molecule has 1 aromatic rings. The van der Waals surface area contributed by atoms with Gasteiger partial charge < -0.3 is 20.3 Å². The van der Waals surface area contributed by atoms with Gasteiger partial charge in [-0.25, -0.2) is 4.79 Å². The predicted molar refractivity (Wildman–Crippen MR) is 87.9 cm³/mol. The van der Waals surface area contributed by atoms with Gasteiger partial charge in [-0.05, 0) is 52.2 Å². The first-order valence-corrected chi connectivity index (χ1v) is 7.54. The number of hydrogen-bond donors (Lipinski definition) is 3. The fraction of sp³-hybridized carbons (Fsp3) is 0.562. The lowest BCUT2D eigenvalue weighted by Crippen LogP contribution is -2.50. The average molecular weight is 340 g/mol. The molecule has 0 saturated heterocycles. The number of phenolic OH excluding ortho intramolecular Hbond substituents is 1. The van der Waals surface area contributed by atoms with Gasteiger partial charge in [0.25, 0.3) is 0 Å². The summed E-state index contributed by atoms with van der Waals surface area (Å²) in [6, 6.07) is 4.10. The SMILES string of the molecule is CC(CO)(CCc1ccc(O)c([N+](=O)[O-])c1)NC(=O)OC(C)(C)C. The Morgan fingerprint density at radius 2 is 1.96 bits per heavy atom. The van der Waals surface area contributed by atoms with Crippen LogP contribution in [0.25, 0.3) is 0 Å². The van der Waals surface area contributed by atoms with E-state index in [0.717, 1.165) is 0 Å². The van der Waals surface area contributed by atoms with Crippen molar-refractivity contribution in [1.29, 1.82) is 0 Å². The Morgan fingerprint density at radius 1 is 1.33 bits per heavy atom. The van der Waals surface area contributed by atoms with E-state index >= 15 is 0 Å². The third-order valence-electron chi connectivity index (χ3n) is 3.35. The maximum Gasteiger partial charge on any atom is 0.408 e. The summed E-state index contributed by atoms with van der Waals surface area (Å²) in [4.78, 5) is 22.0. The number of hydrogen-bond acceptors (Lipinski definition) is 6. The number of alkyl carbamates (subject to hydrolysis) is 1. The Balaban J connectivity index is 2.76. The molecule has 0 bridgehead atoms. The summed E-state index contributed by atoms with van der Waals surface area (Å²) in [6.45, 7) is 6.55. The molecule has 1 unspecified atom stereocenters. The number of aliphatic hydroxyl groups is 1. The molecule has 3 N–H and O–H groups in total. The maximum absolute atomic E-state index is 11.9. The summed E-state index contributed by atoms with van der Waals surface area (Å²) >= 11 is 0. The quantitative estimate of drug-likeness (QED) is 0.540. The van der Waals surface area contributed by atoms with Crippen LogP contribution in [0.1, 0.15) is 39.7 Å². The van der Waals surface area contributed by atoms with Gasteiger partial charge in [-0.3, -0.25) is 10.1 Å². The summed E-state index contributed by atoms with van der Waals surface area (Å²) in [5.74, 6) is -0.402. The zero-order chi connectivity index (χ0) is 18.5. The van der Waals surface area contributed by atoms with Gasteiger partial charge in [0.2, 0.25) is 0 Å². The molecule has 0 radical (unpaired) electrons. The number of phenols is 1. The minimum Gasteiger partial charge on any atom is -0.502 e. The van der Waals surface area contributed by atoms with Crippen LogP contribution in [0.3, 0.4) is 0 Å². The van der Waals surface area contributed by atoms with Crippen molar-refractivity contribution in [2.75, 3.05) is 6.61 Å². The molecular formula is C16H24N2O6. The van der Waals surface area contributed by atoms with E-state index in [1.54, 1.807) is 33.8 Å². The van der Waals surface area contributed by atoms with Crippen molar-refractivity contribution < 1.29 is 24.7 Å². The second-order valence-corrected chi connectivity index (χ2v) is 6.93. The standard InChI is InChI=1S/C16H24N2O6/c1-15(2,3)24-14(21)17-16(4,10-19)8-7-11-5-6-13(20)12(9-11)18(22)23/h5-6,9,19-20H,7-8,10H2,1-4H3,(H,17,21). The lowest BCUT2D eigenvalue weighted by molar-refractivity contribution is -0.385. The van der Waals surface area contributed by atoms with Crippen molar-refractivity contribution in [3.63, 3.8) is 0 Å². The smallest absolute Gasteiger partial charge is 0.408 e. The fourth-order valence-corrected chi connectivity index (χ4v) is 2.02. The zero-order valence-electron chi connectivity index (χ0n) is 14.3. The van der Waals surface area contributed by atoms with Gasteiger partial charge in [-0.1, -0.05) is 6.07 Å². The number of amides is 1. The first kappa shape index (κ1) is 19.7. The number of benzene rings is 1. The maximum atomic E-state index is 11.9. The topological polar surface area (TPSA) is 122 Å². The first-order chi connectivity index (χ1) is 11.0. The molecule has 8 heteroatoms. The van der Waals surface area contributed by atoms with E-state index < -0.39 is 27.9 Å². The molecule has 1 rings (SSSR count). The van der Waals surface area contributed by atoms with E-state index in [1.807, 2.05) is 0 Å². The van der Waals surface area contributed by atoms with Gasteiger partial charge in [-0.2, -0.15) is 0 Å². The molecule has 0 spiro atoms. The monoisotopic (exact) mass is 340 g/mol. The Hall–Kier alpha value is -2.35. The van der Waals surface area contributed by atoms with Crippen molar-refractivity contribution in [1.82, 2.24) is 5.32 Å². The summed E-state index contributed by atoms with van der Waals surface area (Å²) in [6.07, 6.45) is 0.0642. The van der Waals surface area contributed by atoms with Crippen LogP contribution >= 0.6 is 0 Å². The number of nitrogens with zero attached hydrogens (tertiary/aromatic N) is 1. The van der Waals surface area contributed by atoms with Crippen LogP contribution in [-0.4, -0.2) is 39.0 Å². The van der Waals surface area contributed by atoms with Crippen LogP contribution in [0.5, 0.6) is 5.75 Å². The number of aliphatic hydroxyl groups excluding tert-OH is 1. The van der Waals surface area contributed by atoms with E-state index in [1.165, 1.54) is 12.1 Å².